The van der Waals surface area contributed by atoms with Gasteiger partial charge in [-0.25, -0.2) is 4.79 Å². The van der Waals surface area contributed by atoms with Crippen molar-refractivity contribution in [1.82, 2.24) is 0 Å². The molecule has 0 aliphatic rings. The predicted octanol–water partition coefficient (Wildman–Crippen LogP) is 3.43. The Morgan fingerprint density at radius 2 is 1.54 bits per heavy atom. The molecule has 132 valence electrons. The molecule has 2 rings (SSSR count). The molecule has 0 amide bonds. The van der Waals surface area contributed by atoms with Crippen LogP contribution in [0.1, 0.15) is 27.9 Å². The highest BCUT2D eigenvalue weighted by Gasteiger charge is 2.09. The van der Waals surface area contributed by atoms with Crippen molar-refractivity contribution in [3.63, 3.8) is 0 Å². The molecule has 0 heterocycles. The quantitative estimate of drug-likeness (QED) is 0.470. The van der Waals surface area contributed by atoms with Crippen LogP contribution in [0.4, 0.5) is 0 Å². The van der Waals surface area contributed by atoms with Gasteiger partial charge in [-0.1, -0.05) is 42.5 Å². The molecule has 5 heteroatoms. The van der Waals surface area contributed by atoms with Gasteiger partial charge < -0.3 is 9.84 Å². The fraction of sp³-hybridized carbons (Fsp3) is 0.0952. The Kier molecular flexibility index (Phi) is 6.62. The summed E-state index contributed by atoms with van der Waals surface area (Å²) >= 11 is 0. The fourth-order valence-electron chi connectivity index (χ4n) is 2.19. The number of ketones is 2. The Labute approximate surface area is 151 Å². The van der Waals surface area contributed by atoms with Crippen LogP contribution in [0.15, 0.2) is 60.7 Å². The summed E-state index contributed by atoms with van der Waals surface area (Å²) in [5, 5.41) is 9.20. The normalized spacial score (nSPS) is 11.0. The van der Waals surface area contributed by atoms with E-state index >= 15 is 0 Å². The van der Waals surface area contributed by atoms with E-state index in [0.29, 0.717) is 11.1 Å². The molecule has 0 bridgehead atoms. The molecule has 0 fully saturated rings. The summed E-state index contributed by atoms with van der Waals surface area (Å²) in [6, 6.07) is 13.1. The van der Waals surface area contributed by atoms with E-state index in [1.807, 2.05) is 0 Å². The van der Waals surface area contributed by atoms with E-state index in [4.69, 9.17) is 4.74 Å². The van der Waals surface area contributed by atoms with Crippen LogP contribution in [0, 0.1) is 0 Å². The van der Waals surface area contributed by atoms with E-state index in [0.717, 1.165) is 5.56 Å². The lowest BCUT2D eigenvalue weighted by Gasteiger charge is -2.02. The molecule has 0 atom stereocenters. The maximum atomic E-state index is 11.9. The maximum Gasteiger partial charge on any atom is 0.338 e. The molecule has 0 saturated carbocycles. The molecule has 2 aromatic carbocycles. The van der Waals surface area contributed by atoms with Gasteiger partial charge >= 0.3 is 5.97 Å². The van der Waals surface area contributed by atoms with E-state index in [2.05, 4.69) is 0 Å². The third kappa shape index (κ3) is 5.56. The van der Waals surface area contributed by atoms with Crippen molar-refractivity contribution >= 4 is 29.7 Å². The zero-order valence-corrected chi connectivity index (χ0v) is 14.2. The molecule has 0 aliphatic carbocycles. The predicted molar refractivity (Wildman–Crippen MR) is 98.6 cm³/mol. The minimum atomic E-state index is -0.495. The molecule has 0 saturated heterocycles. The van der Waals surface area contributed by atoms with Crippen molar-refractivity contribution in [3.05, 3.63) is 77.4 Å². The number of benzene rings is 2. The second-order valence-electron chi connectivity index (χ2n) is 5.45. The third-order valence-electron chi connectivity index (χ3n) is 3.52. The molecule has 0 aromatic heterocycles. The van der Waals surface area contributed by atoms with Gasteiger partial charge in [0.25, 0.3) is 0 Å². The van der Waals surface area contributed by atoms with Crippen molar-refractivity contribution in [1.29, 1.82) is 0 Å². The molecular weight excluding hydrogens is 332 g/mol. The van der Waals surface area contributed by atoms with E-state index in [9.17, 15) is 19.5 Å². The van der Waals surface area contributed by atoms with Gasteiger partial charge in [0, 0.05) is 0 Å². The molecule has 0 spiro atoms. The first-order valence-corrected chi connectivity index (χ1v) is 7.88. The maximum absolute atomic E-state index is 11.9. The van der Waals surface area contributed by atoms with Gasteiger partial charge in [0.2, 0.25) is 0 Å². The summed E-state index contributed by atoms with van der Waals surface area (Å²) in [6.45, 7) is 0. The number of hydrogen-bond donors (Lipinski definition) is 1. The summed E-state index contributed by atoms with van der Waals surface area (Å²) in [5.74, 6) is -1.06. The van der Waals surface area contributed by atoms with Gasteiger partial charge in [-0.15, -0.1) is 0 Å². The van der Waals surface area contributed by atoms with Gasteiger partial charge in [0.15, 0.2) is 11.6 Å². The van der Waals surface area contributed by atoms with Crippen molar-refractivity contribution in [2.24, 2.45) is 0 Å². The SMILES string of the molecule is COC(=O)c1ccccc1C=CC(=O)CC(=O)C=Cc1ccc(O)cc1. The molecule has 2 aromatic rings. The van der Waals surface area contributed by atoms with Crippen LogP contribution in [0.3, 0.4) is 0 Å². The van der Waals surface area contributed by atoms with Crippen molar-refractivity contribution in [2.45, 2.75) is 6.42 Å². The number of rotatable bonds is 7. The molecule has 0 radical (unpaired) electrons. The number of ether oxygens (including phenoxy) is 1. The number of esters is 1. The number of allylic oxidation sites excluding steroid dienone is 2. The van der Waals surface area contributed by atoms with E-state index in [-0.39, 0.29) is 23.7 Å². The molecule has 1 N–H and O–H groups in total. The number of carbonyl (C=O) groups excluding carboxylic acids is 3. The Morgan fingerprint density at radius 1 is 0.923 bits per heavy atom. The highest BCUT2D eigenvalue weighted by Crippen LogP contribution is 2.13. The van der Waals surface area contributed by atoms with Gasteiger partial charge in [0.1, 0.15) is 5.75 Å². The third-order valence-corrected chi connectivity index (χ3v) is 3.52. The van der Waals surface area contributed by atoms with Crippen LogP contribution in [-0.4, -0.2) is 29.8 Å². The Balaban J connectivity index is 1.98. The van der Waals surface area contributed by atoms with Crippen LogP contribution in [0.2, 0.25) is 0 Å². The minimum Gasteiger partial charge on any atom is -0.508 e. The first-order chi connectivity index (χ1) is 12.5. The smallest absolute Gasteiger partial charge is 0.338 e. The summed E-state index contributed by atoms with van der Waals surface area (Å²) in [7, 11) is 1.28. The standard InChI is InChI=1S/C21H18O5/c1-26-21(25)20-5-3-2-4-16(20)9-13-19(24)14-18(23)12-8-15-6-10-17(22)11-7-15/h2-13,22H,14H2,1H3. The Bertz CT molecular complexity index is 860. The highest BCUT2D eigenvalue weighted by molar-refractivity contribution is 6.11. The largest absolute Gasteiger partial charge is 0.508 e. The zero-order valence-electron chi connectivity index (χ0n) is 14.2. The van der Waals surface area contributed by atoms with Crippen LogP contribution < -0.4 is 0 Å². The number of methoxy groups -OCH3 is 1. The average molecular weight is 350 g/mol. The molecular formula is C21H18O5. The first kappa shape index (κ1) is 18.9. The number of aromatic hydroxyl groups is 1. The average Bonchev–Trinajstić information content (AvgIpc) is 2.65. The topological polar surface area (TPSA) is 80.7 Å². The Morgan fingerprint density at radius 3 is 2.19 bits per heavy atom. The van der Waals surface area contributed by atoms with Gasteiger partial charge in [-0.3, -0.25) is 9.59 Å². The van der Waals surface area contributed by atoms with Crippen LogP contribution in [0.5, 0.6) is 5.75 Å². The van der Waals surface area contributed by atoms with Gasteiger partial charge in [-0.05, 0) is 41.5 Å². The fourth-order valence-corrected chi connectivity index (χ4v) is 2.19. The molecule has 5 nitrogen and oxygen atoms in total. The molecule has 0 aliphatic heterocycles. The number of hydrogen-bond acceptors (Lipinski definition) is 5. The lowest BCUT2D eigenvalue weighted by atomic mass is 10.1. The molecule has 0 unspecified atom stereocenters. The lowest BCUT2D eigenvalue weighted by Crippen LogP contribution is -2.04. The second kappa shape index (κ2) is 9.13. The number of carbonyl (C=O) groups is 3. The molecule has 26 heavy (non-hydrogen) atoms. The lowest BCUT2D eigenvalue weighted by molar-refractivity contribution is -0.121. The zero-order chi connectivity index (χ0) is 18.9. The Hall–Kier alpha value is -3.47. The van der Waals surface area contributed by atoms with E-state index in [1.165, 1.54) is 37.5 Å². The van der Waals surface area contributed by atoms with Crippen LogP contribution in [0.25, 0.3) is 12.2 Å². The van der Waals surface area contributed by atoms with Gasteiger partial charge in [0.05, 0.1) is 19.1 Å². The van der Waals surface area contributed by atoms with E-state index in [1.54, 1.807) is 42.5 Å². The highest BCUT2D eigenvalue weighted by atomic mass is 16.5. The van der Waals surface area contributed by atoms with E-state index < -0.39 is 5.97 Å². The first-order valence-electron chi connectivity index (χ1n) is 7.88. The summed E-state index contributed by atoms with van der Waals surface area (Å²) in [6.07, 6.45) is 5.39. The van der Waals surface area contributed by atoms with Crippen LogP contribution >= 0.6 is 0 Å². The summed E-state index contributed by atoms with van der Waals surface area (Å²) < 4.78 is 4.69. The minimum absolute atomic E-state index is 0.140. The monoisotopic (exact) mass is 350 g/mol. The van der Waals surface area contributed by atoms with Crippen molar-refractivity contribution in [3.8, 4) is 5.75 Å². The number of phenols is 1. The van der Waals surface area contributed by atoms with Crippen molar-refractivity contribution < 1.29 is 24.2 Å². The van der Waals surface area contributed by atoms with Gasteiger partial charge in [-0.2, -0.15) is 0 Å². The van der Waals surface area contributed by atoms with Crippen LogP contribution in [-0.2, 0) is 14.3 Å². The number of phenolic OH excluding ortho intramolecular Hbond substituents is 1. The summed E-state index contributed by atoms with van der Waals surface area (Å²) in [5.41, 5.74) is 1.63. The summed E-state index contributed by atoms with van der Waals surface area (Å²) in [4.78, 5) is 35.5. The van der Waals surface area contributed by atoms with Crippen molar-refractivity contribution in [2.75, 3.05) is 7.11 Å². The second-order valence-corrected chi connectivity index (χ2v) is 5.45.